The molecule has 4 nitrogen and oxygen atoms in total. The van der Waals surface area contributed by atoms with Crippen molar-refractivity contribution in [1.82, 2.24) is 9.78 Å². The number of aryl methyl sites for hydroxylation is 1. The quantitative estimate of drug-likeness (QED) is 0.867. The third-order valence-electron chi connectivity index (χ3n) is 3.54. The van der Waals surface area contributed by atoms with Crippen molar-refractivity contribution in [3.8, 4) is 0 Å². The van der Waals surface area contributed by atoms with Gasteiger partial charge in [-0.15, -0.1) is 0 Å². The molecule has 0 radical (unpaired) electrons. The monoisotopic (exact) mass is 261 g/mol. The molecular weight excluding hydrogens is 238 g/mol. The lowest BCUT2D eigenvalue weighted by Gasteiger charge is -2.12. The Morgan fingerprint density at radius 2 is 2.00 bits per heavy atom. The van der Waals surface area contributed by atoms with Gasteiger partial charge in [0.1, 0.15) is 11.5 Å². The van der Waals surface area contributed by atoms with Gasteiger partial charge in [-0.1, -0.05) is 13.8 Å². The van der Waals surface area contributed by atoms with Crippen LogP contribution in [0, 0.1) is 6.92 Å². The van der Waals surface area contributed by atoms with Crippen molar-refractivity contribution >= 4 is 0 Å². The molecule has 0 aliphatic rings. The van der Waals surface area contributed by atoms with Gasteiger partial charge in [0.25, 0.3) is 0 Å². The van der Waals surface area contributed by atoms with E-state index in [0.29, 0.717) is 12.5 Å². The molecule has 1 atom stereocenters. The second-order valence-corrected chi connectivity index (χ2v) is 5.02. The van der Waals surface area contributed by atoms with Gasteiger partial charge in [-0.05, 0) is 38.0 Å². The van der Waals surface area contributed by atoms with Gasteiger partial charge in [0.05, 0.1) is 17.8 Å². The van der Waals surface area contributed by atoms with Crippen LogP contribution in [0.4, 0.5) is 0 Å². The summed E-state index contributed by atoms with van der Waals surface area (Å²) in [5, 5.41) is 4.62. The van der Waals surface area contributed by atoms with Gasteiger partial charge in [-0.3, -0.25) is 4.68 Å². The fourth-order valence-corrected chi connectivity index (χ4v) is 2.33. The lowest BCUT2D eigenvalue weighted by molar-refractivity contribution is 0.418. The molecule has 4 heteroatoms. The van der Waals surface area contributed by atoms with Crippen molar-refractivity contribution in [2.24, 2.45) is 5.73 Å². The number of hydrogen-bond donors (Lipinski definition) is 1. The zero-order valence-corrected chi connectivity index (χ0v) is 12.0. The molecule has 104 valence electrons. The Kier molecular flexibility index (Phi) is 4.43. The van der Waals surface area contributed by atoms with E-state index in [1.807, 2.05) is 31.3 Å². The molecule has 2 rings (SSSR count). The van der Waals surface area contributed by atoms with Crippen LogP contribution >= 0.6 is 0 Å². The summed E-state index contributed by atoms with van der Waals surface area (Å²) in [6.07, 6.45) is 4.95. The van der Waals surface area contributed by atoms with Crippen LogP contribution in [0.15, 0.2) is 28.8 Å². The first-order chi connectivity index (χ1) is 9.13. The Bertz CT molecular complexity index is 511. The van der Waals surface area contributed by atoms with Gasteiger partial charge in [0.15, 0.2) is 0 Å². The number of nitrogens with zero attached hydrogens (tertiary/aromatic N) is 2. The summed E-state index contributed by atoms with van der Waals surface area (Å²) in [4.78, 5) is 0. The van der Waals surface area contributed by atoms with Crippen LogP contribution in [-0.2, 0) is 6.42 Å². The summed E-state index contributed by atoms with van der Waals surface area (Å²) in [6.45, 7) is 6.30. The van der Waals surface area contributed by atoms with Crippen molar-refractivity contribution < 1.29 is 4.42 Å². The van der Waals surface area contributed by atoms with E-state index < -0.39 is 0 Å². The molecule has 0 aliphatic heterocycles. The molecule has 1 unspecified atom stereocenters. The lowest BCUT2D eigenvalue weighted by Crippen LogP contribution is -2.14. The average Bonchev–Trinajstić information content (AvgIpc) is 3.00. The smallest absolute Gasteiger partial charge is 0.121 e. The van der Waals surface area contributed by atoms with Crippen molar-refractivity contribution in [2.75, 3.05) is 0 Å². The van der Waals surface area contributed by atoms with Crippen LogP contribution in [0.25, 0.3) is 0 Å². The Morgan fingerprint density at radius 3 is 2.58 bits per heavy atom. The number of nitrogens with two attached hydrogens (primary N) is 1. The van der Waals surface area contributed by atoms with E-state index in [1.165, 1.54) is 0 Å². The molecule has 0 bridgehead atoms. The van der Waals surface area contributed by atoms with E-state index in [0.717, 1.165) is 30.1 Å². The Hall–Kier alpha value is -1.55. The molecule has 2 N–H and O–H groups in total. The molecule has 0 spiro atoms. The standard InChI is InChI=1S/C15H23N3O/c1-4-13(5-2)18-9-8-12(17-18)10-14(16)15-7-6-11(3)19-15/h6-9,13-14H,4-5,10,16H2,1-3H3. The predicted octanol–water partition coefficient (Wildman–Crippen LogP) is 3.39. The van der Waals surface area contributed by atoms with Crippen LogP contribution in [-0.4, -0.2) is 9.78 Å². The minimum Gasteiger partial charge on any atom is -0.465 e. The maximum Gasteiger partial charge on any atom is 0.121 e. The maximum absolute atomic E-state index is 6.15. The third kappa shape index (κ3) is 3.26. The summed E-state index contributed by atoms with van der Waals surface area (Å²) in [5.74, 6) is 1.72. The molecule has 0 amide bonds. The SMILES string of the molecule is CCC(CC)n1ccc(CC(N)c2ccc(C)o2)n1. The molecule has 2 heterocycles. The van der Waals surface area contributed by atoms with Gasteiger partial charge in [-0.25, -0.2) is 0 Å². The minimum absolute atomic E-state index is 0.126. The van der Waals surface area contributed by atoms with E-state index in [4.69, 9.17) is 10.2 Å². The van der Waals surface area contributed by atoms with Crippen LogP contribution in [0.1, 0.15) is 56.0 Å². The topological polar surface area (TPSA) is 57.0 Å². The molecule has 2 aromatic rings. The first-order valence-electron chi connectivity index (χ1n) is 7.00. The lowest BCUT2D eigenvalue weighted by atomic mass is 10.1. The van der Waals surface area contributed by atoms with Crippen LogP contribution in [0.2, 0.25) is 0 Å². The molecule has 0 aromatic carbocycles. The fourth-order valence-electron chi connectivity index (χ4n) is 2.33. The number of aromatic nitrogens is 2. The predicted molar refractivity (Wildman–Crippen MR) is 75.9 cm³/mol. The van der Waals surface area contributed by atoms with Crippen molar-refractivity contribution in [2.45, 2.75) is 52.1 Å². The summed E-state index contributed by atoms with van der Waals surface area (Å²) < 4.78 is 7.61. The van der Waals surface area contributed by atoms with Crippen LogP contribution in [0.5, 0.6) is 0 Å². The van der Waals surface area contributed by atoms with Gasteiger partial charge >= 0.3 is 0 Å². The Balaban J connectivity index is 2.03. The zero-order chi connectivity index (χ0) is 13.8. The normalized spacial score (nSPS) is 13.1. The summed E-state index contributed by atoms with van der Waals surface area (Å²) in [7, 11) is 0. The average molecular weight is 261 g/mol. The Morgan fingerprint density at radius 1 is 1.26 bits per heavy atom. The van der Waals surface area contributed by atoms with Gasteiger partial charge in [-0.2, -0.15) is 5.10 Å². The molecular formula is C15H23N3O. The number of furan rings is 1. The highest BCUT2D eigenvalue weighted by Gasteiger charge is 2.14. The molecule has 0 saturated carbocycles. The molecule has 0 saturated heterocycles. The van der Waals surface area contributed by atoms with E-state index >= 15 is 0 Å². The van der Waals surface area contributed by atoms with Crippen molar-refractivity contribution in [3.63, 3.8) is 0 Å². The highest BCUT2D eigenvalue weighted by Crippen LogP contribution is 2.19. The highest BCUT2D eigenvalue weighted by atomic mass is 16.3. The van der Waals surface area contributed by atoms with Gasteiger partial charge in [0.2, 0.25) is 0 Å². The van der Waals surface area contributed by atoms with Gasteiger partial charge < -0.3 is 10.2 Å². The minimum atomic E-state index is -0.126. The maximum atomic E-state index is 6.15. The first-order valence-corrected chi connectivity index (χ1v) is 7.00. The largest absolute Gasteiger partial charge is 0.465 e. The zero-order valence-electron chi connectivity index (χ0n) is 12.0. The summed E-state index contributed by atoms with van der Waals surface area (Å²) >= 11 is 0. The summed E-state index contributed by atoms with van der Waals surface area (Å²) in [6, 6.07) is 6.29. The molecule has 0 fully saturated rings. The second-order valence-electron chi connectivity index (χ2n) is 5.02. The first kappa shape index (κ1) is 13.9. The number of hydrogen-bond acceptors (Lipinski definition) is 3. The number of rotatable bonds is 6. The summed E-state index contributed by atoms with van der Waals surface area (Å²) in [5.41, 5.74) is 7.17. The van der Waals surface area contributed by atoms with E-state index in [2.05, 4.69) is 23.6 Å². The Labute approximate surface area is 114 Å². The second kappa shape index (κ2) is 6.06. The fraction of sp³-hybridized carbons (Fsp3) is 0.533. The highest BCUT2D eigenvalue weighted by molar-refractivity contribution is 5.12. The van der Waals surface area contributed by atoms with E-state index in [9.17, 15) is 0 Å². The molecule has 2 aromatic heterocycles. The van der Waals surface area contributed by atoms with Crippen LogP contribution in [0.3, 0.4) is 0 Å². The van der Waals surface area contributed by atoms with Gasteiger partial charge in [0, 0.05) is 12.6 Å². The third-order valence-corrected chi connectivity index (χ3v) is 3.54. The van der Waals surface area contributed by atoms with Crippen molar-refractivity contribution in [3.05, 3.63) is 41.6 Å². The molecule has 19 heavy (non-hydrogen) atoms. The molecule has 0 aliphatic carbocycles. The van der Waals surface area contributed by atoms with E-state index in [-0.39, 0.29) is 6.04 Å². The van der Waals surface area contributed by atoms with E-state index in [1.54, 1.807) is 0 Å². The van der Waals surface area contributed by atoms with Crippen molar-refractivity contribution in [1.29, 1.82) is 0 Å². The van der Waals surface area contributed by atoms with Crippen LogP contribution < -0.4 is 5.73 Å².